The van der Waals surface area contributed by atoms with Gasteiger partial charge >= 0.3 is 0 Å². The monoisotopic (exact) mass is 267 g/mol. The van der Waals surface area contributed by atoms with Gasteiger partial charge in [-0.05, 0) is 24.4 Å². The first-order chi connectivity index (χ1) is 8.74. The van der Waals surface area contributed by atoms with Crippen LogP contribution in [0.25, 0.3) is 0 Å². The number of fused-ring (bicyclic) bond motifs is 1. The molecule has 0 unspecified atom stereocenters. The highest BCUT2D eigenvalue weighted by molar-refractivity contribution is 7.80. The third kappa shape index (κ3) is 2.62. The largest absolute Gasteiger partial charge is 0.493 e. The molecule has 0 bridgehead atoms. The van der Waals surface area contributed by atoms with Crippen molar-refractivity contribution in [3.63, 3.8) is 0 Å². The van der Waals surface area contributed by atoms with Crippen LogP contribution in [0, 0.1) is 0 Å². The maximum atomic E-state index is 5.31. The second-order valence-corrected chi connectivity index (χ2v) is 3.81. The smallest absolute Gasteiger partial charge is 0.231 e. The fourth-order valence-corrected chi connectivity index (χ4v) is 1.50. The Morgan fingerprint density at radius 1 is 1.50 bits per heavy atom. The Hall–Kier alpha value is -2.02. The van der Waals surface area contributed by atoms with E-state index in [1.807, 2.05) is 6.07 Å². The molecule has 6 nitrogen and oxygen atoms in total. The predicted molar refractivity (Wildman–Crippen MR) is 71.5 cm³/mol. The van der Waals surface area contributed by atoms with Gasteiger partial charge < -0.3 is 19.5 Å². The van der Waals surface area contributed by atoms with Gasteiger partial charge in [0, 0.05) is 12.6 Å². The molecule has 0 saturated heterocycles. The van der Waals surface area contributed by atoms with Gasteiger partial charge in [-0.25, -0.2) is 0 Å². The van der Waals surface area contributed by atoms with Crippen LogP contribution < -0.4 is 25.0 Å². The lowest BCUT2D eigenvalue weighted by molar-refractivity contribution is 0.171. The Morgan fingerprint density at radius 3 is 3.06 bits per heavy atom. The first-order valence-corrected chi connectivity index (χ1v) is 5.64. The Morgan fingerprint density at radius 2 is 2.33 bits per heavy atom. The zero-order valence-electron chi connectivity index (χ0n) is 10.0. The quantitative estimate of drug-likeness (QED) is 0.481. The lowest BCUT2D eigenvalue weighted by Crippen LogP contribution is -2.28. The molecule has 1 aliphatic heterocycles. The normalized spacial score (nSPS) is 12.6. The van der Waals surface area contributed by atoms with E-state index >= 15 is 0 Å². The summed E-state index contributed by atoms with van der Waals surface area (Å²) in [6.45, 7) is 0.203. The third-order valence-corrected chi connectivity index (χ3v) is 2.58. The Labute approximate surface area is 110 Å². The van der Waals surface area contributed by atoms with Crippen molar-refractivity contribution in [3.8, 4) is 17.2 Å². The molecule has 0 atom stereocenters. The molecular formula is C11H13N3O3S. The van der Waals surface area contributed by atoms with E-state index in [-0.39, 0.29) is 6.79 Å². The molecular weight excluding hydrogens is 254 g/mol. The van der Waals surface area contributed by atoms with E-state index in [2.05, 4.69) is 15.8 Å². The van der Waals surface area contributed by atoms with Crippen molar-refractivity contribution in [1.29, 1.82) is 0 Å². The van der Waals surface area contributed by atoms with Crippen LogP contribution in [0.4, 0.5) is 0 Å². The predicted octanol–water partition coefficient (Wildman–Crippen LogP) is 0.852. The number of hydrogen-bond donors (Lipinski definition) is 2. The fraction of sp³-hybridized carbons (Fsp3) is 0.273. The minimum Gasteiger partial charge on any atom is -0.493 e. The van der Waals surface area contributed by atoms with Crippen molar-refractivity contribution in [1.82, 2.24) is 10.7 Å². The van der Waals surface area contributed by atoms with Gasteiger partial charge in [0.25, 0.3) is 0 Å². The highest BCUT2D eigenvalue weighted by Gasteiger charge is 2.19. The van der Waals surface area contributed by atoms with Gasteiger partial charge in [-0.1, -0.05) is 0 Å². The summed E-state index contributed by atoms with van der Waals surface area (Å²) in [7, 11) is 3.29. The van der Waals surface area contributed by atoms with E-state index in [1.165, 1.54) is 0 Å². The standard InChI is InChI=1S/C11H13N3O3S/c1-12-11(18)14-13-5-7-3-8(15-2)10-9(4-7)16-6-17-10/h3-5H,6H2,1-2H3,(H2,12,14,18)/b13-5-. The van der Waals surface area contributed by atoms with E-state index in [9.17, 15) is 0 Å². The second-order valence-electron chi connectivity index (χ2n) is 3.41. The zero-order valence-corrected chi connectivity index (χ0v) is 10.8. The Kier molecular flexibility index (Phi) is 3.83. The summed E-state index contributed by atoms with van der Waals surface area (Å²) in [5, 5.41) is 7.18. The maximum Gasteiger partial charge on any atom is 0.231 e. The molecule has 0 saturated carbocycles. The van der Waals surface area contributed by atoms with Crippen molar-refractivity contribution >= 4 is 23.5 Å². The number of rotatable bonds is 3. The molecule has 7 heteroatoms. The van der Waals surface area contributed by atoms with Gasteiger partial charge in [-0.3, -0.25) is 5.43 Å². The molecule has 1 heterocycles. The topological polar surface area (TPSA) is 64.1 Å². The van der Waals surface area contributed by atoms with E-state index in [0.29, 0.717) is 22.4 Å². The van der Waals surface area contributed by atoms with Crippen LogP contribution in [0.2, 0.25) is 0 Å². The van der Waals surface area contributed by atoms with Crippen LogP contribution in [0.5, 0.6) is 17.2 Å². The molecule has 1 aliphatic rings. The number of hydrogen-bond acceptors (Lipinski definition) is 5. The first kappa shape index (κ1) is 12.4. The molecule has 0 amide bonds. The lowest BCUT2D eigenvalue weighted by Gasteiger charge is -2.05. The second kappa shape index (κ2) is 5.54. The van der Waals surface area contributed by atoms with Crippen LogP contribution >= 0.6 is 12.2 Å². The van der Waals surface area contributed by atoms with Crippen LogP contribution in [0.15, 0.2) is 17.2 Å². The SMILES string of the molecule is CNC(=S)N/N=C\c1cc(OC)c2c(c1)OCO2. The van der Waals surface area contributed by atoms with Gasteiger partial charge in [-0.2, -0.15) is 5.10 Å². The van der Waals surface area contributed by atoms with Crippen LogP contribution in [0.1, 0.15) is 5.56 Å². The van der Waals surface area contributed by atoms with Gasteiger partial charge in [0.2, 0.25) is 12.5 Å². The molecule has 0 aromatic heterocycles. The zero-order chi connectivity index (χ0) is 13.0. The minimum absolute atomic E-state index is 0.203. The fourth-order valence-electron chi connectivity index (χ4n) is 1.45. The molecule has 0 radical (unpaired) electrons. The summed E-state index contributed by atoms with van der Waals surface area (Å²) in [4.78, 5) is 0. The third-order valence-electron chi connectivity index (χ3n) is 2.29. The first-order valence-electron chi connectivity index (χ1n) is 5.23. The molecule has 2 rings (SSSR count). The summed E-state index contributed by atoms with van der Waals surface area (Å²) in [6, 6.07) is 3.62. The van der Waals surface area contributed by atoms with Gasteiger partial charge in [0.15, 0.2) is 16.6 Å². The van der Waals surface area contributed by atoms with E-state index in [1.54, 1.807) is 26.4 Å². The molecule has 2 N–H and O–H groups in total. The van der Waals surface area contributed by atoms with Crippen LogP contribution in [0.3, 0.4) is 0 Å². The van der Waals surface area contributed by atoms with Crippen molar-refractivity contribution in [2.45, 2.75) is 0 Å². The van der Waals surface area contributed by atoms with E-state index < -0.39 is 0 Å². The Bertz CT molecular complexity index is 491. The number of hydrazone groups is 1. The number of benzene rings is 1. The number of methoxy groups -OCH3 is 1. The minimum atomic E-state index is 0.203. The van der Waals surface area contributed by atoms with Gasteiger partial charge in [0.05, 0.1) is 13.3 Å². The van der Waals surface area contributed by atoms with Gasteiger partial charge in [-0.15, -0.1) is 0 Å². The highest BCUT2D eigenvalue weighted by atomic mass is 32.1. The number of nitrogens with zero attached hydrogens (tertiary/aromatic N) is 1. The molecule has 0 aliphatic carbocycles. The lowest BCUT2D eigenvalue weighted by atomic mass is 10.2. The number of ether oxygens (including phenoxy) is 3. The summed E-state index contributed by atoms with van der Waals surface area (Å²) < 4.78 is 15.8. The molecule has 96 valence electrons. The average Bonchev–Trinajstić information content (AvgIpc) is 2.85. The molecule has 18 heavy (non-hydrogen) atoms. The van der Waals surface area contributed by atoms with Crippen molar-refractivity contribution in [3.05, 3.63) is 17.7 Å². The maximum absolute atomic E-state index is 5.31. The van der Waals surface area contributed by atoms with E-state index in [0.717, 1.165) is 5.56 Å². The summed E-state index contributed by atoms with van der Waals surface area (Å²) >= 11 is 4.89. The van der Waals surface area contributed by atoms with Crippen LogP contribution in [-0.2, 0) is 0 Å². The van der Waals surface area contributed by atoms with Crippen LogP contribution in [-0.4, -0.2) is 32.3 Å². The number of nitrogens with one attached hydrogen (secondary N) is 2. The molecule has 0 fully saturated rings. The average molecular weight is 267 g/mol. The molecule has 1 aromatic carbocycles. The van der Waals surface area contributed by atoms with E-state index in [4.69, 9.17) is 26.4 Å². The molecule has 1 aromatic rings. The summed E-state index contributed by atoms with van der Waals surface area (Å²) in [5.41, 5.74) is 3.48. The number of thiocarbonyl (C=S) groups is 1. The van der Waals surface area contributed by atoms with Crippen molar-refractivity contribution in [2.24, 2.45) is 5.10 Å². The summed E-state index contributed by atoms with van der Waals surface area (Å²) in [5.74, 6) is 1.88. The molecule has 0 spiro atoms. The van der Waals surface area contributed by atoms with Crippen molar-refractivity contribution < 1.29 is 14.2 Å². The highest BCUT2D eigenvalue weighted by Crippen LogP contribution is 2.41. The van der Waals surface area contributed by atoms with Crippen molar-refractivity contribution in [2.75, 3.05) is 21.0 Å². The summed E-state index contributed by atoms with van der Waals surface area (Å²) in [6.07, 6.45) is 1.62. The van der Waals surface area contributed by atoms with Gasteiger partial charge in [0.1, 0.15) is 0 Å². The Balaban J connectivity index is 2.17.